The first-order valence-electron chi connectivity index (χ1n) is 5.84. The molecule has 1 aromatic rings. The first kappa shape index (κ1) is 17.8. The molecule has 5 N–H and O–H groups in total. The first-order chi connectivity index (χ1) is 9.66. The van der Waals surface area contributed by atoms with E-state index in [-0.39, 0.29) is 22.1 Å². The molecule has 0 aliphatic rings. The molecule has 0 fully saturated rings. The van der Waals surface area contributed by atoms with Gasteiger partial charge in [0, 0.05) is 18.2 Å². The van der Waals surface area contributed by atoms with Crippen LogP contribution in [0.25, 0.3) is 0 Å². The van der Waals surface area contributed by atoms with E-state index in [0.29, 0.717) is 0 Å². The highest BCUT2D eigenvalue weighted by Crippen LogP contribution is 2.34. The Bertz CT molecular complexity index is 511. The molecule has 9 heteroatoms. The molecule has 0 aliphatic heterocycles. The number of hydrogen-bond acceptors (Lipinski definition) is 6. The van der Waals surface area contributed by atoms with Gasteiger partial charge in [-0.1, -0.05) is 17.8 Å². The Morgan fingerprint density at radius 2 is 2.05 bits per heavy atom. The van der Waals surface area contributed by atoms with Crippen molar-refractivity contribution >= 4 is 22.6 Å². The standard InChI is InChI=1S/C12H15F3N2O3S/c1-6(18)21-5-10(19)11(20)8-3-2-7(12(13,14)15)4-9(8)17-16/h2-4,10-11,17,19-20H,5,16H2,1H3. The lowest BCUT2D eigenvalue weighted by molar-refractivity contribution is -0.137. The van der Waals surface area contributed by atoms with E-state index in [0.717, 1.165) is 30.0 Å². The van der Waals surface area contributed by atoms with Gasteiger partial charge in [-0.15, -0.1) is 0 Å². The van der Waals surface area contributed by atoms with E-state index in [2.05, 4.69) is 5.43 Å². The maximum absolute atomic E-state index is 12.6. The van der Waals surface area contributed by atoms with Gasteiger partial charge in [-0.25, -0.2) is 0 Å². The van der Waals surface area contributed by atoms with Gasteiger partial charge < -0.3 is 15.6 Å². The van der Waals surface area contributed by atoms with E-state index in [1.54, 1.807) is 0 Å². The average molecular weight is 324 g/mol. The predicted molar refractivity (Wildman–Crippen MR) is 73.4 cm³/mol. The molecule has 0 radical (unpaired) electrons. The van der Waals surface area contributed by atoms with E-state index in [9.17, 15) is 28.2 Å². The largest absolute Gasteiger partial charge is 0.416 e. The van der Waals surface area contributed by atoms with Gasteiger partial charge >= 0.3 is 6.18 Å². The van der Waals surface area contributed by atoms with Crippen molar-refractivity contribution in [3.63, 3.8) is 0 Å². The molecule has 0 amide bonds. The molecule has 2 atom stereocenters. The van der Waals surface area contributed by atoms with Crippen LogP contribution >= 0.6 is 11.8 Å². The topological polar surface area (TPSA) is 95.6 Å². The van der Waals surface area contributed by atoms with E-state index < -0.39 is 23.9 Å². The van der Waals surface area contributed by atoms with Crippen LogP contribution in [0.15, 0.2) is 18.2 Å². The summed E-state index contributed by atoms with van der Waals surface area (Å²) in [5, 5.41) is 19.5. The van der Waals surface area contributed by atoms with Crippen LogP contribution in [0.2, 0.25) is 0 Å². The van der Waals surface area contributed by atoms with Gasteiger partial charge in [0.15, 0.2) is 5.12 Å². The molecular weight excluding hydrogens is 309 g/mol. The van der Waals surface area contributed by atoms with Crippen LogP contribution in [0.1, 0.15) is 24.2 Å². The number of carbonyl (C=O) groups is 1. The Labute approximate surface area is 123 Å². The number of aliphatic hydroxyl groups excluding tert-OH is 2. The van der Waals surface area contributed by atoms with Crippen molar-refractivity contribution in [2.75, 3.05) is 11.2 Å². The molecule has 0 aliphatic carbocycles. The fourth-order valence-corrected chi connectivity index (χ4v) is 2.20. The molecule has 0 heterocycles. The molecule has 1 rings (SSSR count). The number of anilines is 1. The summed E-state index contributed by atoms with van der Waals surface area (Å²) in [7, 11) is 0. The fourth-order valence-electron chi connectivity index (χ4n) is 1.62. The third kappa shape index (κ3) is 4.88. The van der Waals surface area contributed by atoms with E-state index in [4.69, 9.17) is 5.84 Å². The van der Waals surface area contributed by atoms with E-state index >= 15 is 0 Å². The van der Waals surface area contributed by atoms with Crippen molar-refractivity contribution in [1.82, 2.24) is 0 Å². The quantitative estimate of drug-likeness (QED) is 0.486. The third-order valence-electron chi connectivity index (χ3n) is 2.68. The van der Waals surface area contributed by atoms with Crippen molar-refractivity contribution in [2.24, 2.45) is 5.84 Å². The second-order valence-electron chi connectivity index (χ2n) is 4.26. The number of benzene rings is 1. The Hall–Kier alpha value is -1.29. The number of alkyl halides is 3. The number of thioether (sulfide) groups is 1. The van der Waals surface area contributed by atoms with Gasteiger partial charge in [0.25, 0.3) is 0 Å². The number of rotatable bonds is 5. The summed E-state index contributed by atoms with van der Waals surface area (Å²) in [6, 6.07) is 2.55. The summed E-state index contributed by atoms with van der Waals surface area (Å²) in [6.07, 6.45) is -7.33. The maximum Gasteiger partial charge on any atom is 0.416 e. The predicted octanol–water partition coefficient (Wildman–Crippen LogP) is 1.66. The SMILES string of the molecule is CC(=O)SCC(O)C(O)c1ccc(C(F)(F)F)cc1NN. The van der Waals surface area contributed by atoms with Gasteiger partial charge in [-0.05, 0) is 12.1 Å². The van der Waals surface area contributed by atoms with Crippen molar-refractivity contribution < 1.29 is 28.2 Å². The van der Waals surface area contributed by atoms with E-state index in [1.165, 1.54) is 6.92 Å². The number of nitrogens with two attached hydrogens (primary N) is 1. The molecule has 0 bridgehead atoms. The molecule has 0 aromatic heterocycles. The number of halogens is 3. The van der Waals surface area contributed by atoms with Crippen LogP contribution in [0.3, 0.4) is 0 Å². The monoisotopic (exact) mass is 324 g/mol. The van der Waals surface area contributed by atoms with Crippen LogP contribution in [0.5, 0.6) is 0 Å². The van der Waals surface area contributed by atoms with Crippen LogP contribution in [0.4, 0.5) is 18.9 Å². The zero-order valence-electron chi connectivity index (χ0n) is 11.0. The lowest BCUT2D eigenvalue weighted by Crippen LogP contribution is -2.23. The number of carbonyl (C=O) groups excluding carboxylic acids is 1. The Kier molecular flexibility index (Phi) is 6.02. The Morgan fingerprint density at radius 1 is 1.43 bits per heavy atom. The highest BCUT2D eigenvalue weighted by molar-refractivity contribution is 8.13. The molecule has 1 aromatic carbocycles. The molecule has 21 heavy (non-hydrogen) atoms. The molecule has 2 unspecified atom stereocenters. The van der Waals surface area contributed by atoms with Gasteiger partial charge in [0.1, 0.15) is 6.10 Å². The minimum absolute atomic E-state index is 0.0159. The zero-order valence-corrected chi connectivity index (χ0v) is 11.8. The second kappa shape index (κ2) is 7.12. The van der Waals surface area contributed by atoms with Crippen LogP contribution in [-0.2, 0) is 11.0 Å². The summed E-state index contributed by atoms with van der Waals surface area (Å²) < 4.78 is 37.8. The van der Waals surface area contributed by atoms with Gasteiger partial charge in [-0.2, -0.15) is 13.2 Å². The van der Waals surface area contributed by atoms with Crippen LogP contribution in [0, 0.1) is 0 Å². The summed E-state index contributed by atoms with van der Waals surface area (Å²) in [4.78, 5) is 10.8. The van der Waals surface area contributed by atoms with Gasteiger partial charge in [-0.3, -0.25) is 10.6 Å². The lowest BCUT2D eigenvalue weighted by Gasteiger charge is -2.21. The number of nitrogens with one attached hydrogen (secondary N) is 1. The number of nitrogen functional groups attached to an aromatic ring is 1. The van der Waals surface area contributed by atoms with Crippen molar-refractivity contribution in [3.8, 4) is 0 Å². The second-order valence-corrected chi connectivity index (χ2v) is 5.46. The van der Waals surface area contributed by atoms with Crippen LogP contribution < -0.4 is 11.3 Å². The minimum atomic E-state index is -4.54. The molecule has 118 valence electrons. The Balaban J connectivity index is 2.98. The maximum atomic E-state index is 12.6. The normalized spacial score (nSPS) is 14.6. The van der Waals surface area contributed by atoms with Crippen LogP contribution in [-0.4, -0.2) is 27.2 Å². The summed E-state index contributed by atoms with van der Waals surface area (Å²) in [6.45, 7) is 1.30. The fraction of sp³-hybridized carbons (Fsp3) is 0.417. The highest BCUT2D eigenvalue weighted by atomic mass is 32.2. The number of hydrazine groups is 1. The first-order valence-corrected chi connectivity index (χ1v) is 6.82. The third-order valence-corrected chi connectivity index (χ3v) is 3.59. The molecule has 5 nitrogen and oxygen atoms in total. The van der Waals surface area contributed by atoms with Crippen molar-refractivity contribution in [2.45, 2.75) is 25.3 Å². The average Bonchev–Trinajstić information content (AvgIpc) is 2.42. The Morgan fingerprint density at radius 3 is 2.52 bits per heavy atom. The molecule has 0 spiro atoms. The summed E-state index contributed by atoms with van der Waals surface area (Å²) in [5.74, 6) is 5.07. The van der Waals surface area contributed by atoms with Crippen molar-refractivity contribution in [1.29, 1.82) is 0 Å². The molecule has 0 saturated heterocycles. The van der Waals surface area contributed by atoms with Gasteiger partial charge in [0.2, 0.25) is 0 Å². The zero-order chi connectivity index (χ0) is 16.2. The molecule has 0 saturated carbocycles. The lowest BCUT2D eigenvalue weighted by atomic mass is 10.0. The molecular formula is C12H15F3N2O3S. The summed E-state index contributed by atoms with van der Waals surface area (Å²) >= 11 is 0.803. The highest BCUT2D eigenvalue weighted by Gasteiger charge is 2.32. The number of hydrogen-bond donors (Lipinski definition) is 4. The van der Waals surface area contributed by atoms with Gasteiger partial charge in [0.05, 0.1) is 17.4 Å². The van der Waals surface area contributed by atoms with E-state index in [1.807, 2.05) is 0 Å². The number of aliphatic hydroxyl groups is 2. The van der Waals surface area contributed by atoms with Crippen molar-refractivity contribution in [3.05, 3.63) is 29.3 Å². The minimum Gasteiger partial charge on any atom is -0.389 e. The smallest absolute Gasteiger partial charge is 0.389 e. The summed E-state index contributed by atoms with van der Waals surface area (Å²) in [5.41, 5.74) is 0.999.